The van der Waals surface area contributed by atoms with Crippen LogP contribution < -0.4 is 0 Å². The first kappa shape index (κ1) is 11.6. The van der Waals surface area contributed by atoms with Crippen molar-refractivity contribution in [3.05, 3.63) is 33.3 Å². The summed E-state index contributed by atoms with van der Waals surface area (Å²) < 4.78 is 24.8. The third kappa shape index (κ3) is 2.13. The molecule has 0 heterocycles. The number of aromatic carboxylic acids is 1. The first-order valence-corrected chi connectivity index (χ1v) is 4.52. The Bertz CT molecular complexity index is 454. The van der Waals surface area contributed by atoms with Gasteiger partial charge in [-0.3, -0.25) is 0 Å². The smallest absolute Gasteiger partial charge is 0.337 e. The van der Waals surface area contributed by atoms with Crippen LogP contribution in [0.1, 0.15) is 27.9 Å². The molecule has 6 heteroatoms. The maximum Gasteiger partial charge on any atom is 0.337 e. The van der Waals surface area contributed by atoms with Crippen LogP contribution in [0.3, 0.4) is 0 Å². The van der Waals surface area contributed by atoms with E-state index >= 15 is 0 Å². The largest absolute Gasteiger partial charge is 0.478 e. The Balaban J connectivity index is 3.53. The van der Waals surface area contributed by atoms with Crippen LogP contribution in [0.15, 0.2) is 16.6 Å². The van der Waals surface area contributed by atoms with Crippen molar-refractivity contribution in [2.24, 2.45) is 0 Å². The van der Waals surface area contributed by atoms with Crippen LogP contribution >= 0.6 is 15.9 Å². The third-order valence-electron chi connectivity index (χ3n) is 1.74. The average Bonchev–Trinajstić information content (AvgIpc) is 2.16. The number of nitrogens with zero attached hydrogens (tertiary/aromatic N) is 1. The lowest BCUT2D eigenvalue weighted by atomic mass is 10.0. The Hall–Kier alpha value is -1.48. The fraction of sp³-hybridized carbons (Fsp3) is 0.111. The Morgan fingerprint density at radius 1 is 1.53 bits per heavy atom. The van der Waals surface area contributed by atoms with E-state index in [0.717, 1.165) is 12.1 Å². The minimum atomic E-state index is -2.89. The molecule has 0 atom stereocenters. The van der Waals surface area contributed by atoms with E-state index in [1.807, 2.05) is 0 Å². The third-order valence-corrected chi connectivity index (χ3v) is 2.57. The number of benzene rings is 1. The van der Waals surface area contributed by atoms with Gasteiger partial charge in [-0.05, 0) is 22.0 Å². The van der Waals surface area contributed by atoms with Gasteiger partial charge in [0.05, 0.1) is 15.6 Å². The molecule has 1 aromatic rings. The number of carbonyl (C=O) groups is 1. The van der Waals surface area contributed by atoms with E-state index in [0.29, 0.717) is 0 Å². The van der Waals surface area contributed by atoms with Crippen molar-refractivity contribution < 1.29 is 18.7 Å². The molecule has 0 aliphatic carbocycles. The maximum atomic E-state index is 12.4. The summed E-state index contributed by atoms with van der Waals surface area (Å²) in [6, 6.07) is 3.79. The Morgan fingerprint density at radius 2 is 2.13 bits per heavy atom. The fourth-order valence-corrected chi connectivity index (χ4v) is 1.70. The molecule has 0 saturated carbocycles. The number of hydrogen-bond donors (Lipinski definition) is 1. The number of rotatable bonds is 2. The number of nitriles is 1. The van der Waals surface area contributed by atoms with E-state index in [1.54, 1.807) is 6.07 Å². The molecule has 78 valence electrons. The standard InChI is InChI=1S/C9H4BrF2NO2/c10-7-4(3-13)1-2-5(8(11)12)6(7)9(14)15/h1-2,8H,(H,14,15). The monoisotopic (exact) mass is 275 g/mol. The van der Waals surface area contributed by atoms with Gasteiger partial charge in [0, 0.05) is 5.56 Å². The zero-order valence-electron chi connectivity index (χ0n) is 7.17. The van der Waals surface area contributed by atoms with Crippen molar-refractivity contribution >= 4 is 21.9 Å². The second-order valence-corrected chi connectivity index (χ2v) is 3.40. The zero-order chi connectivity index (χ0) is 11.6. The summed E-state index contributed by atoms with van der Waals surface area (Å²) in [6.07, 6.45) is -2.89. The second-order valence-electron chi connectivity index (χ2n) is 2.61. The van der Waals surface area contributed by atoms with E-state index in [-0.39, 0.29) is 10.0 Å². The molecular formula is C9H4BrF2NO2. The van der Waals surface area contributed by atoms with Gasteiger partial charge in [0.25, 0.3) is 6.43 Å². The summed E-state index contributed by atoms with van der Waals surface area (Å²) in [4.78, 5) is 10.7. The first-order chi connectivity index (χ1) is 6.99. The normalized spacial score (nSPS) is 10.1. The molecule has 0 aliphatic rings. The Kier molecular flexibility index (Phi) is 3.37. The van der Waals surface area contributed by atoms with Crippen molar-refractivity contribution in [1.82, 2.24) is 0 Å². The topological polar surface area (TPSA) is 61.1 Å². The molecule has 0 fully saturated rings. The van der Waals surface area contributed by atoms with E-state index in [9.17, 15) is 13.6 Å². The lowest BCUT2D eigenvalue weighted by Crippen LogP contribution is -2.05. The van der Waals surface area contributed by atoms with E-state index in [4.69, 9.17) is 10.4 Å². The Morgan fingerprint density at radius 3 is 2.53 bits per heavy atom. The minimum absolute atomic E-state index is 0.0109. The predicted octanol–water partition coefficient (Wildman–Crippen LogP) is 2.96. The van der Waals surface area contributed by atoms with Gasteiger partial charge < -0.3 is 5.11 Å². The Labute approximate surface area is 92.1 Å². The number of alkyl halides is 2. The number of halogens is 3. The van der Waals surface area contributed by atoms with Crippen LogP contribution in [0.5, 0.6) is 0 Å². The molecule has 0 saturated heterocycles. The molecule has 0 bridgehead atoms. The molecule has 1 aromatic carbocycles. The zero-order valence-corrected chi connectivity index (χ0v) is 8.75. The van der Waals surface area contributed by atoms with Crippen LogP contribution in [0.25, 0.3) is 0 Å². The lowest BCUT2D eigenvalue weighted by Gasteiger charge is -2.07. The fourth-order valence-electron chi connectivity index (χ4n) is 1.08. The van der Waals surface area contributed by atoms with Gasteiger partial charge in [-0.2, -0.15) is 5.26 Å². The lowest BCUT2D eigenvalue weighted by molar-refractivity contribution is 0.0683. The summed E-state index contributed by atoms with van der Waals surface area (Å²) in [5.74, 6) is -1.49. The van der Waals surface area contributed by atoms with E-state index in [1.165, 1.54) is 0 Å². The quantitative estimate of drug-likeness (QED) is 0.903. The van der Waals surface area contributed by atoms with Crippen LogP contribution in [-0.2, 0) is 0 Å². The number of carboxylic acids is 1. The van der Waals surface area contributed by atoms with E-state index < -0.39 is 23.5 Å². The molecule has 3 nitrogen and oxygen atoms in total. The SMILES string of the molecule is N#Cc1ccc(C(F)F)c(C(=O)O)c1Br. The van der Waals surface area contributed by atoms with E-state index in [2.05, 4.69) is 15.9 Å². The van der Waals surface area contributed by atoms with Gasteiger partial charge in [0.1, 0.15) is 6.07 Å². The maximum absolute atomic E-state index is 12.4. The average molecular weight is 276 g/mol. The van der Waals surface area contributed by atoms with Crippen molar-refractivity contribution in [2.45, 2.75) is 6.43 Å². The molecule has 1 rings (SSSR count). The minimum Gasteiger partial charge on any atom is -0.478 e. The van der Waals surface area contributed by atoms with Crippen LogP contribution in [0.4, 0.5) is 8.78 Å². The van der Waals surface area contributed by atoms with Crippen molar-refractivity contribution in [3.63, 3.8) is 0 Å². The summed E-state index contributed by atoms with van der Waals surface area (Å²) in [7, 11) is 0. The highest BCUT2D eigenvalue weighted by Crippen LogP contribution is 2.30. The molecule has 0 aromatic heterocycles. The van der Waals surface area contributed by atoms with Gasteiger partial charge in [0.15, 0.2) is 0 Å². The number of hydrogen-bond acceptors (Lipinski definition) is 2. The van der Waals surface area contributed by atoms with Gasteiger partial charge in [-0.15, -0.1) is 0 Å². The van der Waals surface area contributed by atoms with Crippen LogP contribution in [0, 0.1) is 11.3 Å². The predicted molar refractivity (Wildman–Crippen MR) is 50.8 cm³/mol. The second kappa shape index (κ2) is 4.36. The van der Waals surface area contributed by atoms with Crippen molar-refractivity contribution in [3.8, 4) is 6.07 Å². The summed E-state index contributed by atoms with van der Waals surface area (Å²) >= 11 is 2.82. The summed E-state index contributed by atoms with van der Waals surface area (Å²) in [5.41, 5.74) is -1.16. The van der Waals surface area contributed by atoms with Gasteiger partial charge in [0.2, 0.25) is 0 Å². The van der Waals surface area contributed by atoms with Crippen LogP contribution in [-0.4, -0.2) is 11.1 Å². The van der Waals surface area contributed by atoms with Gasteiger partial charge in [-0.1, -0.05) is 6.07 Å². The van der Waals surface area contributed by atoms with Crippen molar-refractivity contribution in [2.75, 3.05) is 0 Å². The highest BCUT2D eigenvalue weighted by atomic mass is 79.9. The number of carboxylic acid groups (broad SMARTS) is 1. The summed E-state index contributed by atoms with van der Waals surface area (Å²) in [5, 5.41) is 17.3. The molecule has 1 N–H and O–H groups in total. The molecule has 0 spiro atoms. The highest BCUT2D eigenvalue weighted by Gasteiger charge is 2.22. The van der Waals surface area contributed by atoms with Gasteiger partial charge >= 0.3 is 5.97 Å². The molecule has 0 unspecified atom stereocenters. The van der Waals surface area contributed by atoms with Crippen molar-refractivity contribution in [1.29, 1.82) is 5.26 Å². The first-order valence-electron chi connectivity index (χ1n) is 3.73. The van der Waals surface area contributed by atoms with Gasteiger partial charge in [-0.25, -0.2) is 13.6 Å². The molecule has 0 aliphatic heterocycles. The van der Waals surface area contributed by atoms with Crippen LogP contribution in [0.2, 0.25) is 0 Å². The summed E-state index contributed by atoms with van der Waals surface area (Å²) in [6.45, 7) is 0. The molecule has 15 heavy (non-hydrogen) atoms. The highest BCUT2D eigenvalue weighted by molar-refractivity contribution is 9.10. The molecule has 0 radical (unpaired) electrons. The molecule has 0 amide bonds. The molecular weight excluding hydrogens is 272 g/mol.